The van der Waals surface area contributed by atoms with E-state index in [2.05, 4.69) is 25.9 Å². The van der Waals surface area contributed by atoms with Gasteiger partial charge in [0, 0.05) is 24.7 Å². The van der Waals surface area contributed by atoms with Crippen molar-refractivity contribution in [3.63, 3.8) is 0 Å². The predicted molar refractivity (Wildman–Crippen MR) is 124 cm³/mol. The lowest BCUT2D eigenvalue weighted by atomic mass is 9.98. The van der Waals surface area contributed by atoms with Crippen LogP contribution in [0, 0.1) is 5.92 Å². The Balaban J connectivity index is 3.11. The highest BCUT2D eigenvalue weighted by atomic mass is 16.4. The highest BCUT2D eigenvalue weighted by Gasteiger charge is 2.32. The smallest absolute Gasteiger partial charge is 0.326 e. The fourth-order valence-electron chi connectivity index (χ4n) is 3.09. The third-order valence-corrected chi connectivity index (χ3v) is 5.47. The van der Waals surface area contributed by atoms with E-state index < -0.39 is 72.6 Å². The van der Waals surface area contributed by atoms with Gasteiger partial charge in [0.25, 0.3) is 0 Å². The van der Waals surface area contributed by atoms with E-state index in [1.807, 2.05) is 6.92 Å². The molecule has 0 aliphatic rings. The molecule has 0 aliphatic heterocycles. The summed E-state index contributed by atoms with van der Waals surface area (Å²) >= 11 is 0. The molecule has 5 atom stereocenters. The van der Waals surface area contributed by atoms with Crippen LogP contribution >= 0.6 is 0 Å². The first-order valence-electron chi connectivity index (χ1n) is 11.2. The van der Waals surface area contributed by atoms with Crippen molar-refractivity contribution in [2.75, 3.05) is 0 Å². The van der Waals surface area contributed by atoms with E-state index in [1.54, 1.807) is 6.92 Å². The van der Waals surface area contributed by atoms with Gasteiger partial charge in [-0.3, -0.25) is 24.0 Å². The summed E-state index contributed by atoms with van der Waals surface area (Å²) in [5.41, 5.74) is 11.4. The van der Waals surface area contributed by atoms with Gasteiger partial charge in [-0.15, -0.1) is 0 Å². The summed E-state index contributed by atoms with van der Waals surface area (Å²) in [5.74, 6) is -6.42. The number of aromatic nitrogens is 2. The number of nitrogens with one attached hydrogen (secondary N) is 4. The minimum absolute atomic E-state index is 0.160. The summed E-state index contributed by atoms with van der Waals surface area (Å²) in [4.78, 5) is 78.7. The molecule has 0 radical (unpaired) electrons. The van der Waals surface area contributed by atoms with Gasteiger partial charge in [-0.2, -0.15) is 0 Å². The first-order valence-corrected chi connectivity index (χ1v) is 11.2. The summed E-state index contributed by atoms with van der Waals surface area (Å²) in [6.45, 7) is 3.57. The number of nitrogens with two attached hydrogens (primary N) is 2. The minimum atomic E-state index is -1.65. The zero-order chi connectivity index (χ0) is 27.4. The fraction of sp³-hybridized carbons (Fsp3) is 0.571. The molecule has 0 saturated heterocycles. The number of aliphatic carboxylic acids is 2. The van der Waals surface area contributed by atoms with Crippen LogP contribution in [0.25, 0.3) is 0 Å². The molecule has 4 amide bonds. The molecule has 15 heteroatoms. The molecular formula is C21H33N7O8. The Hall–Kier alpha value is -4.01. The van der Waals surface area contributed by atoms with Crippen LogP contribution in [0.15, 0.2) is 12.5 Å². The monoisotopic (exact) mass is 511 g/mol. The standard InChI is InChI=1S/C21H33N7O8/c1-3-10(2)17(23)20(34)26-12(4-5-16(30)31)18(32)27-13(6-11-8-24-9-25-11)19(33)28-14(21(35)36)7-15(22)29/h8-10,12-14,17H,3-7,23H2,1-2H3,(H2,22,29)(H,24,25)(H,26,34)(H,27,32)(H,28,33)(H,30,31)(H,35,36). The van der Waals surface area contributed by atoms with E-state index in [1.165, 1.54) is 12.5 Å². The lowest BCUT2D eigenvalue weighted by molar-refractivity contribution is -0.143. The molecule has 200 valence electrons. The molecule has 15 nitrogen and oxygen atoms in total. The van der Waals surface area contributed by atoms with E-state index in [0.717, 1.165) is 0 Å². The van der Waals surface area contributed by atoms with Crippen molar-refractivity contribution in [1.29, 1.82) is 0 Å². The van der Waals surface area contributed by atoms with Gasteiger partial charge in [0.2, 0.25) is 23.6 Å². The molecule has 1 aromatic heterocycles. The minimum Gasteiger partial charge on any atom is -0.481 e. The maximum absolute atomic E-state index is 13.0. The normalized spacial score (nSPS) is 15.0. The number of carboxylic acid groups (broad SMARTS) is 2. The third-order valence-electron chi connectivity index (χ3n) is 5.47. The van der Waals surface area contributed by atoms with Crippen LogP contribution in [-0.4, -0.2) is 79.9 Å². The first kappa shape index (κ1) is 30.0. The number of primary amides is 1. The Morgan fingerprint density at radius 2 is 1.58 bits per heavy atom. The van der Waals surface area contributed by atoms with Crippen molar-refractivity contribution in [3.8, 4) is 0 Å². The van der Waals surface area contributed by atoms with Crippen molar-refractivity contribution in [2.45, 2.75) is 70.1 Å². The van der Waals surface area contributed by atoms with Gasteiger partial charge in [0.05, 0.1) is 18.8 Å². The van der Waals surface area contributed by atoms with Crippen molar-refractivity contribution >= 4 is 35.6 Å². The molecule has 0 saturated carbocycles. The Kier molecular flexibility index (Phi) is 12.0. The first-order chi connectivity index (χ1) is 16.8. The quantitative estimate of drug-likeness (QED) is 0.117. The largest absolute Gasteiger partial charge is 0.481 e. The van der Waals surface area contributed by atoms with Crippen LogP contribution in [0.3, 0.4) is 0 Å². The number of imidazole rings is 1. The van der Waals surface area contributed by atoms with Gasteiger partial charge in [-0.05, 0) is 12.3 Å². The number of carboxylic acids is 2. The van der Waals surface area contributed by atoms with Crippen molar-refractivity contribution < 1.29 is 39.0 Å². The van der Waals surface area contributed by atoms with Crippen LogP contribution < -0.4 is 27.4 Å². The van der Waals surface area contributed by atoms with Crippen molar-refractivity contribution in [1.82, 2.24) is 25.9 Å². The van der Waals surface area contributed by atoms with Crippen molar-refractivity contribution in [3.05, 3.63) is 18.2 Å². The van der Waals surface area contributed by atoms with Gasteiger partial charge >= 0.3 is 11.9 Å². The van der Waals surface area contributed by atoms with Crippen LogP contribution in [-0.2, 0) is 35.2 Å². The average Bonchev–Trinajstić information content (AvgIpc) is 3.32. The maximum atomic E-state index is 13.0. The van der Waals surface area contributed by atoms with Crippen LogP contribution in [0.5, 0.6) is 0 Å². The molecule has 10 N–H and O–H groups in total. The average molecular weight is 512 g/mol. The number of hydrogen-bond donors (Lipinski definition) is 8. The summed E-state index contributed by atoms with van der Waals surface area (Å²) in [6, 6.07) is -5.32. The Morgan fingerprint density at radius 3 is 2.08 bits per heavy atom. The number of nitrogens with zero attached hydrogens (tertiary/aromatic N) is 1. The zero-order valence-electron chi connectivity index (χ0n) is 20.0. The van der Waals surface area contributed by atoms with Gasteiger partial charge in [-0.1, -0.05) is 20.3 Å². The molecule has 0 aromatic carbocycles. The lowest BCUT2D eigenvalue weighted by Gasteiger charge is -2.25. The number of rotatable bonds is 16. The van der Waals surface area contributed by atoms with Crippen molar-refractivity contribution in [2.24, 2.45) is 17.4 Å². The molecular weight excluding hydrogens is 478 g/mol. The van der Waals surface area contributed by atoms with Gasteiger partial charge in [0.15, 0.2) is 0 Å². The molecule has 5 unspecified atom stereocenters. The fourth-order valence-corrected chi connectivity index (χ4v) is 3.09. The molecule has 0 spiro atoms. The van der Waals surface area contributed by atoms with Gasteiger partial charge < -0.3 is 42.6 Å². The summed E-state index contributed by atoms with van der Waals surface area (Å²) < 4.78 is 0. The maximum Gasteiger partial charge on any atom is 0.326 e. The second-order valence-electron chi connectivity index (χ2n) is 8.32. The van der Waals surface area contributed by atoms with E-state index in [4.69, 9.17) is 16.6 Å². The third kappa shape index (κ3) is 10.1. The topological polar surface area (TPSA) is 260 Å². The number of H-pyrrole nitrogens is 1. The number of hydrogen-bond acceptors (Lipinski definition) is 8. The SMILES string of the molecule is CCC(C)C(N)C(=O)NC(CCC(=O)O)C(=O)NC(Cc1cnc[nH]1)C(=O)NC(CC(N)=O)C(=O)O. The summed E-state index contributed by atoms with van der Waals surface area (Å²) in [5, 5.41) is 25.3. The Bertz CT molecular complexity index is 937. The van der Waals surface area contributed by atoms with Crippen LogP contribution in [0.1, 0.15) is 45.2 Å². The molecule has 0 fully saturated rings. The summed E-state index contributed by atoms with van der Waals surface area (Å²) in [6.07, 6.45) is 1.68. The Labute approximate surface area is 206 Å². The molecule has 0 bridgehead atoms. The second kappa shape index (κ2) is 14.4. The van der Waals surface area contributed by atoms with E-state index in [0.29, 0.717) is 12.1 Å². The van der Waals surface area contributed by atoms with Crippen LogP contribution in [0.2, 0.25) is 0 Å². The number of amides is 4. The molecule has 0 aliphatic carbocycles. The van der Waals surface area contributed by atoms with Crippen LogP contribution in [0.4, 0.5) is 0 Å². The molecule has 36 heavy (non-hydrogen) atoms. The molecule has 1 rings (SSSR count). The highest BCUT2D eigenvalue weighted by molar-refractivity contribution is 5.95. The van der Waals surface area contributed by atoms with E-state index in [9.17, 15) is 33.9 Å². The lowest BCUT2D eigenvalue weighted by Crippen LogP contribution is -2.58. The highest BCUT2D eigenvalue weighted by Crippen LogP contribution is 2.08. The zero-order valence-corrected chi connectivity index (χ0v) is 20.0. The molecule has 1 aromatic rings. The van der Waals surface area contributed by atoms with Gasteiger partial charge in [0.1, 0.15) is 18.1 Å². The Morgan fingerprint density at radius 1 is 1.00 bits per heavy atom. The van der Waals surface area contributed by atoms with Gasteiger partial charge in [-0.25, -0.2) is 9.78 Å². The molecule has 1 heterocycles. The predicted octanol–water partition coefficient (Wildman–Crippen LogP) is -2.40. The number of carbonyl (C=O) groups excluding carboxylic acids is 4. The number of aromatic amines is 1. The number of carbonyl (C=O) groups is 6. The van der Waals surface area contributed by atoms with E-state index in [-0.39, 0.29) is 18.8 Å². The summed E-state index contributed by atoms with van der Waals surface area (Å²) in [7, 11) is 0. The second-order valence-corrected chi connectivity index (χ2v) is 8.32. The van der Waals surface area contributed by atoms with E-state index >= 15 is 0 Å².